The second kappa shape index (κ2) is 6.02. The third-order valence-corrected chi connectivity index (χ3v) is 5.91. The number of fused-ring (bicyclic) bond motifs is 1. The summed E-state index contributed by atoms with van der Waals surface area (Å²) in [7, 11) is 1.99. The van der Waals surface area contributed by atoms with Gasteiger partial charge >= 0.3 is 0 Å². The average Bonchev–Trinajstić information content (AvgIpc) is 3.20. The summed E-state index contributed by atoms with van der Waals surface area (Å²) in [6.45, 7) is 2.35. The number of aromatic nitrogens is 2. The van der Waals surface area contributed by atoms with Crippen LogP contribution in [-0.4, -0.2) is 45.2 Å². The standard InChI is InChI=1S/C17H20N4OS/c1-20-8-7-19-16(20)13-11-18-6-9-21(13)17(22)15-10-12-4-2-3-5-14(12)23-15/h2-5,7-8,13,15,18H,6,9-11H2,1H3. The Morgan fingerprint density at radius 2 is 2.26 bits per heavy atom. The molecule has 1 amide bonds. The van der Waals surface area contributed by atoms with E-state index in [1.807, 2.05) is 34.8 Å². The minimum Gasteiger partial charge on any atom is -0.336 e. The van der Waals surface area contributed by atoms with Crippen LogP contribution in [0.4, 0.5) is 0 Å². The third kappa shape index (κ3) is 2.66. The number of hydrogen-bond acceptors (Lipinski definition) is 4. The normalized spacial score (nSPS) is 23.8. The van der Waals surface area contributed by atoms with Crippen LogP contribution in [-0.2, 0) is 18.3 Å². The summed E-state index contributed by atoms with van der Waals surface area (Å²) in [5, 5.41) is 3.38. The van der Waals surface area contributed by atoms with Gasteiger partial charge in [-0.3, -0.25) is 4.79 Å². The lowest BCUT2D eigenvalue weighted by atomic mass is 10.1. The summed E-state index contributed by atoms with van der Waals surface area (Å²) < 4.78 is 2.01. The predicted octanol–water partition coefficient (Wildman–Crippen LogP) is 1.61. The molecule has 120 valence electrons. The first-order chi connectivity index (χ1) is 11.2. The number of thioether (sulfide) groups is 1. The molecule has 3 heterocycles. The Labute approximate surface area is 140 Å². The largest absolute Gasteiger partial charge is 0.336 e. The van der Waals surface area contributed by atoms with Crippen LogP contribution in [0.3, 0.4) is 0 Å². The monoisotopic (exact) mass is 328 g/mol. The molecule has 0 radical (unpaired) electrons. The van der Waals surface area contributed by atoms with E-state index in [2.05, 4.69) is 22.4 Å². The van der Waals surface area contributed by atoms with Crippen LogP contribution >= 0.6 is 11.8 Å². The highest BCUT2D eigenvalue weighted by atomic mass is 32.2. The minimum absolute atomic E-state index is 0.00623. The molecule has 2 atom stereocenters. The van der Waals surface area contributed by atoms with Gasteiger partial charge in [0.05, 0.1) is 5.25 Å². The lowest BCUT2D eigenvalue weighted by Gasteiger charge is -2.37. The number of nitrogens with zero attached hydrogens (tertiary/aromatic N) is 3. The molecular weight excluding hydrogens is 308 g/mol. The molecule has 0 spiro atoms. The first-order valence-corrected chi connectivity index (χ1v) is 8.85. The van der Waals surface area contributed by atoms with Gasteiger partial charge in [-0.1, -0.05) is 18.2 Å². The van der Waals surface area contributed by atoms with Crippen LogP contribution in [0.25, 0.3) is 0 Å². The molecular formula is C17H20N4OS. The molecule has 0 bridgehead atoms. The van der Waals surface area contributed by atoms with Gasteiger partial charge in [0.1, 0.15) is 11.9 Å². The van der Waals surface area contributed by atoms with Crippen LogP contribution in [0, 0.1) is 0 Å². The molecule has 1 fully saturated rings. The number of aryl methyl sites for hydroxylation is 1. The molecule has 5 nitrogen and oxygen atoms in total. The van der Waals surface area contributed by atoms with Crippen molar-refractivity contribution in [2.24, 2.45) is 7.05 Å². The number of imidazole rings is 1. The highest BCUT2D eigenvalue weighted by Crippen LogP contribution is 2.38. The van der Waals surface area contributed by atoms with E-state index in [1.165, 1.54) is 10.5 Å². The number of amides is 1. The van der Waals surface area contributed by atoms with E-state index in [1.54, 1.807) is 18.0 Å². The second-order valence-corrected chi connectivity index (χ2v) is 7.31. The van der Waals surface area contributed by atoms with Crippen molar-refractivity contribution >= 4 is 17.7 Å². The molecule has 1 aromatic carbocycles. The summed E-state index contributed by atoms with van der Waals surface area (Å²) in [5.74, 6) is 1.19. The maximum absolute atomic E-state index is 13.1. The van der Waals surface area contributed by atoms with Crippen molar-refractivity contribution in [3.8, 4) is 0 Å². The Morgan fingerprint density at radius 1 is 1.39 bits per heavy atom. The molecule has 0 aliphatic carbocycles. The van der Waals surface area contributed by atoms with E-state index in [4.69, 9.17) is 0 Å². The van der Waals surface area contributed by atoms with Gasteiger partial charge in [-0.05, 0) is 18.1 Å². The first kappa shape index (κ1) is 14.8. The summed E-state index contributed by atoms with van der Waals surface area (Å²) in [4.78, 5) is 20.8. The molecule has 6 heteroatoms. The number of nitrogens with one attached hydrogen (secondary N) is 1. The van der Waals surface area contributed by atoms with Gasteiger partial charge < -0.3 is 14.8 Å². The second-order valence-electron chi connectivity index (χ2n) is 6.07. The number of rotatable bonds is 2. The molecule has 2 aliphatic heterocycles. The van der Waals surface area contributed by atoms with Crippen molar-refractivity contribution in [3.05, 3.63) is 48.0 Å². The maximum atomic E-state index is 13.1. The summed E-state index contributed by atoms with van der Waals surface area (Å²) in [5.41, 5.74) is 1.29. The van der Waals surface area contributed by atoms with E-state index < -0.39 is 0 Å². The van der Waals surface area contributed by atoms with Crippen molar-refractivity contribution in [2.45, 2.75) is 22.6 Å². The van der Waals surface area contributed by atoms with Crippen molar-refractivity contribution in [1.82, 2.24) is 19.8 Å². The quantitative estimate of drug-likeness (QED) is 0.910. The molecule has 1 N–H and O–H groups in total. The van der Waals surface area contributed by atoms with E-state index in [0.717, 1.165) is 31.9 Å². The first-order valence-electron chi connectivity index (χ1n) is 7.97. The fraction of sp³-hybridized carbons (Fsp3) is 0.412. The maximum Gasteiger partial charge on any atom is 0.237 e. The van der Waals surface area contributed by atoms with Gasteiger partial charge in [0.15, 0.2) is 0 Å². The highest BCUT2D eigenvalue weighted by molar-refractivity contribution is 8.01. The number of piperazine rings is 1. The summed E-state index contributed by atoms with van der Waals surface area (Å²) in [6.07, 6.45) is 4.57. The molecule has 0 saturated carbocycles. The van der Waals surface area contributed by atoms with Crippen LogP contribution in [0.2, 0.25) is 0 Å². The fourth-order valence-electron chi connectivity index (χ4n) is 3.40. The molecule has 23 heavy (non-hydrogen) atoms. The topological polar surface area (TPSA) is 50.2 Å². The minimum atomic E-state index is -0.00623. The fourth-order valence-corrected chi connectivity index (χ4v) is 4.67. The van der Waals surface area contributed by atoms with Crippen LogP contribution < -0.4 is 5.32 Å². The van der Waals surface area contributed by atoms with E-state index in [9.17, 15) is 4.79 Å². The van der Waals surface area contributed by atoms with Gasteiger partial charge in [-0.2, -0.15) is 0 Å². The van der Waals surface area contributed by atoms with Crippen LogP contribution in [0.1, 0.15) is 17.4 Å². The highest BCUT2D eigenvalue weighted by Gasteiger charge is 2.37. The number of benzene rings is 1. The van der Waals surface area contributed by atoms with Crippen molar-refractivity contribution in [1.29, 1.82) is 0 Å². The van der Waals surface area contributed by atoms with E-state index >= 15 is 0 Å². The summed E-state index contributed by atoms with van der Waals surface area (Å²) >= 11 is 1.70. The van der Waals surface area contributed by atoms with Crippen molar-refractivity contribution in [2.75, 3.05) is 19.6 Å². The van der Waals surface area contributed by atoms with Gasteiger partial charge in [0.2, 0.25) is 5.91 Å². The molecule has 1 saturated heterocycles. The Hall–Kier alpha value is -1.79. The van der Waals surface area contributed by atoms with Gasteiger partial charge in [0, 0.05) is 44.0 Å². The van der Waals surface area contributed by atoms with Gasteiger partial charge in [0.25, 0.3) is 0 Å². The molecule has 2 unspecified atom stereocenters. The Bertz CT molecular complexity index is 704. The average molecular weight is 328 g/mol. The predicted molar refractivity (Wildman–Crippen MR) is 90.3 cm³/mol. The van der Waals surface area contributed by atoms with Crippen LogP contribution in [0.15, 0.2) is 41.6 Å². The van der Waals surface area contributed by atoms with E-state index in [0.29, 0.717) is 0 Å². The Balaban J connectivity index is 1.56. The van der Waals surface area contributed by atoms with Crippen molar-refractivity contribution < 1.29 is 4.79 Å². The SMILES string of the molecule is Cn1ccnc1C1CNCCN1C(=O)C1Cc2ccccc2S1. The Kier molecular flexibility index (Phi) is 3.87. The molecule has 4 rings (SSSR count). The Morgan fingerprint density at radius 3 is 3.04 bits per heavy atom. The van der Waals surface area contributed by atoms with Gasteiger partial charge in [-0.15, -0.1) is 11.8 Å². The molecule has 2 aliphatic rings. The van der Waals surface area contributed by atoms with E-state index in [-0.39, 0.29) is 17.2 Å². The smallest absolute Gasteiger partial charge is 0.237 e. The third-order valence-electron chi connectivity index (χ3n) is 4.61. The zero-order chi connectivity index (χ0) is 15.8. The molecule has 2 aromatic rings. The van der Waals surface area contributed by atoms with Crippen molar-refractivity contribution in [3.63, 3.8) is 0 Å². The lowest BCUT2D eigenvalue weighted by molar-refractivity contribution is -0.134. The van der Waals surface area contributed by atoms with Gasteiger partial charge in [-0.25, -0.2) is 4.98 Å². The zero-order valence-electron chi connectivity index (χ0n) is 13.1. The number of hydrogen-bond donors (Lipinski definition) is 1. The summed E-state index contributed by atoms with van der Waals surface area (Å²) in [6, 6.07) is 8.35. The lowest BCUT2D eigenvalue weighted by Crippen LogP contribution is -2.51. The number of carbonyl (C=O) groups excluding carboxylic acids is 1. The number of carbonyl (C=O) groups is 1. The molecule has 1 aromatic heterocycles. The zero-order valence-corrected chi connectivity index (χ0v) is 13.9. The van der Waals surface area contributed by atoms with Crippen LogP contribution in [0.5, 0.6) is 0 Å².